The molecule has 0 atom stereocenters. The topological polar surface area (TPSA) is 59.1 Å². The zero-order chi connectivity index (χ0) is 16.9. The number of benzene rings is 2. The first-order valence-corrected chi connectivity index (χ1v) is 7.58. The molecule has 0 aliphatic heterocycles. The number of pyridine rings is 1. The largest absolute Gasteiger partial charge is 0.322 e. The predicted molar refractivity (Wildman–Crippen MR) is 95.9 cm³/mol. The number of para-hydroxylation sites is 2. The van der Waals surface area contributed by atoms with E-state index in [4.69, 9.17) is 0 Å². The molecule has 3 aromatic rings. The van der Waals surface area contributed by atoms with Gasteiger partial charge in [-0.2, -0.15) is 0 Å². The van der Waals surface area contributed by atoms with Crippen molar-refractivity contribution in [3.05, 3.63) is 78.0 Å². The molecule has 0 saturated heterocycles. The smallest absolute Gasteiger partial charge is 0.248 e. The average molecular weight is 316 g/mol. The van der Waals surface area contributed by atoms with Crippen molar-refractivity contribution in [1.82, 2.24) is 4.98 Å². The first kappa shape index (κ1) is 15.6. The van der Waals surface area contributed by atoms with E-state index in [0.717, 1.165) is 16.5 Å². The maximum atomic E-state index is 12.2. The number of nitrogens with zero attached hydrogens (tertiary/aromatic N) is 1. The third-order valence-electron chi connectivity index (χ3n) is 3.64. The van der Waals surface area contributed by atoms with E-state index in [0.29, 0.717) is 11.3 Å². The summed E-state index contributed by atoms with van der Waals surface area (Å²) in [5.74, 6) is -0.384. The van der Waals surface area contributed by atoms with Crippen LogP contribution in [0.15, 0.2) is 66.9 Å². The Bertz CT molecular complexity index is 940. The van der Waals surface area contributed by atoms with Gasteiger partial charge in [-0.3, -0.25) is 14.6 Å². The number of carbonyl (C=O) groups excluding carboxylic acids is 2. The molecule has 0 aliphatic carbocycles. The second kappa shape index (κ2) is 6.87. The fraction of sp³-hybridized carbons (Fsp3) is 0.0500. The van der Waals surface area contributed by atoms with Crippen LogP contribution in [0.4, 0.5) is 5.69 Å². The van der Waals surface area contributed by atoms with Gasteiger partial charge in [-0.15, -0.1) is 0 Å². The number of rotatable bonds is 4. The Kier molecular flexibility index (Phi) is 4.47. The van der Waals surface area contributed by atoms with Crippen LogP contribution in [0.2, 0.25) is 0 Å². The first-order chi connectivity index (χ1) is 11.6. The maximum Gasteiger partial charge on any atom is 0.248 e. The van der Waals surface area contributed by atoms with Crippen molar-refractivity contribution in [1.29, 1.82) is 0 Å². The molecule has 2 aromatic carbocycles. The van der Waals surface area contributed by atoms with Gasteiger partial charge in [-0.05, 0) is 31.2 Å². The van der Waals surface area contributed by atoms with Gasteiger partial charge >= 0.3 is 0 Å². The van der Waals surface area contributed by atoms with Crippen LogP contribution in [0.5, 0.6) is 0 Å². The highest BCUT2D eigenvalue weighted by Gasteiger charge is 2.08. The Morgan fingerprint density at radius 3 is 2.62 bits per heavy atom. The van der Waals surface area contributed by atoms with Crippen LogP contribution in [0.1, 0.15) is 22.8 Å². The molecule has 3 rings (SSSR count). The Labute approximate surface area is 139 Å². The van der Waals surface area contributed by atoms with Crippen LogP contribution in [0, 0.1) is 0 Å². The first-order valence-electron chi connectivity index (χ1n) is 7.58. The maximum absolute atomic E-state index is 12.2. The minimum absolute atomic E-state index is 0.0897. The fourth-order valence-electron chi connectivity index (χ4n) is 2.50. The minimum Gasteiger partial charge on any atom is -0.322 e. The normalized spacial score (nSPS) is 10.9. The van der Waals surface area contributed by atoms with Gasteiger partial charge in [0.2, 0.25) is 5.91 Å². The quantitative estimate of drug-likeness (QED) is 0.582. The lowest BCUT2D eigenvalue weighted by atomic mass is 10.1. The Morgan fingerprint density at radius 1 is 1.00 bits per heavy atom. The number of nitrogens with one attached hydrogen (secondary N) is 1. The third kappa shape index (κ3) is 3.38. The van der Waals surface area contributed by atoms with Gasteiger partial charge in [0.1, 0.15) is 0 Å². The van der Waals surface area contributed by atoms with E-state index >= 15 is 0 Å². The average Bonchev–Trinajstić information content (AvgIpc) is 2.60. The number of amides is 1. The fourth-order valence-corrected chi connectivity index (χ4v) is 2.50. The highest BCUT2D eigenvalue weighted by Crippen LogP contribution is 2.18. The molecule has 0 radical (unpaired) electrons. The van der Waals surface area contributed by atoms with Gasteiger partial charge in [0.25, 0.3) is 0 Å². The van der Waals surface area contributed by atoms with Gasteiger partial charge in [0, 0.05) is 28.8 Å². The van der Waals surface area contributed by atoms with Gasteiger partial charge in [0.05, 0.1) is 11.2 Å². The number of ketones is 1. The summed E-state index contributed by atoms with van der Waals surface area (Å²) in [7, 11) is 0. The molecule has 1 N–H and O–H groups in total. The van der Waals surface area contributed by atoms with Crippen molar-refractivity contribution in [2.45, 2.75) is 6.92 Å². The molecule has 0 fully saturated rings. The molecule has 24 heavy (non-hydrogen) atoms. The summed E-state index contributed by atoms with van der Waals surface area (Å²) in [5.41, 5.74) is 2.71. The van der Waals surface area contributed by atoms with E-state index in [9.17, 15) is 9.59 Å². The molecule has 118 valence electrons. The minimum atomic E-state index is -0.295. The molecule has 0 saturated carbocycles. The van der Waals surface area contributed by atoms with Crippen LogP contribution >= 0.6 is 0 Å². The van der Waals surface area contributed by atoms with E-state index in [-0.39, 0.29) is 11.7 Å². The Balaban J connectivity index is 1.82. The number of hydrogen-bond acceptors (Lipinski definition) is 3. The number of hydrogen-bond donors (Lipinski definition) is 1. The molecule has 1 aromatic heterocycles. The van der Waals surface area contributed by atoms with Crippen LogP contribution in [-0.2, 0) is 4.79 Å². The lowest BCUT2D eigenvalue weighted by Crippen LogP contribution is -2.11. The van der Waals surface area contributed by atoms with Gasteiger partial charge in [0.15, 0.2) is 5.78 Å². The molecule has 4 heteroatoms. The van der Waals surface area contributed by atoms with Crippen LogP contribution < -0.4 is 5.32 Å². The van der Waals surface area contributed by atoms with Crippen LogP contribution in [0.3, 0.4) is 0 Å². The molecular formula is C20H16N2O2. The van der Waals surface area contributed by atoms with E-state index in [1.54, 1.807) is 36.5 Å². The van der Waals surface area contributed by atoms with Crippen molar-refractivity contribution in [2.24, 2.45) is 0 Å². The summed E-state index contributed by atoms with van der Waals surface area (Å²) in [6.07, 6.45) is 4.89. The summed E-state index contributed by atoms with van der Waals surface area (Å²) in [5, 5.41) is 3.76. The zero-order valence-corrected chi connectivity index (χ0v) is 13.2. The van der Waals surface area contributed by atoms with Crippen molar-refractivity contribution < 1.29 is 9.59 Å². The SMILES string of the molecule is CC(=O)c1ccccc1NC(=O)/C=C/c1cccc2cccnc12. The van der Waals surface area contributed by atoms with Crippen LogP contribution in [0.25, 0.3) is 17.0 Å². The zero-order valence-electron chi connectivity index (χ0n) is 13.2. The van der Waals surface area contributed by atoms with E-state index < -0.39 is 0 Å². The second-order valence-corrected chi connectivity index (χ2v) is 5.35. The van der Waals surface area contributed by atoms with E-state index in [1.165, 1.54) is 13.0 Å². The number of aromatic nitrogens is 1. The number of fused-ring (bicyclic) bond motifs is 1. The number of anilines is 1. The van der Waals surface area contributed by atoms with Crippen molar-refractivity contribution in [2.75, 3.05) is 5.32 Å². The standard InChI is InChI=1S/C20H16N2O2/c1-14(23)17-9-2-3-10-18(17)22-19(24)12-11-16-7-4-6-15-8-5-13-21-20(15)16/h2-13H,1H3,(H,22,24)/b12-11+. The van der Waals surface area contributed by atoms with Crippen LogP contribution in [-0.4, -0.2) is 16.7 Å². The van der Waals surface area contributed by atoms with Crippen molar-refractivity contribution >= 4 is 34.4 Å². The van der Waals surface area contributed by atoms with Crippen molar-refractivity contribution in [3.63, 3.8) is 0 Å². The molecule has 0 bridgehead atoms. The molecule has 0 unspecified atom stereocenters. The molecule has 1 heterocycles. The third-order valence-corrected chi connectivity index (χ3v) is 3.64. The molecule has 1 amide bonds. The summed E-state index contributed by atoms with van der Waals surface area (Å²) in [6, 6.07) is 16.6. The molecule has 0 aliphatic rings. The number of Topliss-reactive ketones (excluding diaryl/α,β-unsaturated/α-hetero) is 1. The monoisotopic (exact) mass is 316 g/mol. The summed E-state index contributed by atoms with van der Waals surface area (Å²) < 4.78 is 0. The predicted octanol–water partition coefficient (Wildman–Crippen LogP) is 4.09. The van der Waals surface area contributed by atoms with Crippen molar-refractivity contribution in [3.8, 4) is 0 Å². The summed E-state index contributed by atoms with van der Waals surface area (Å²) >= 11 is 0. The van der Waals surface area contributed by atoms with E-state index in [2.05, 4.69) is 10.3 Å². The molecule has 0 spiro atoms. The van der Waals surface area contributed by atoms with Gasteiger partial charge in [-0.25, -0.2) is 0 Å². The number of carbonyl (C=O) groups is 2. The summed E-state index contributed by atoms with van der Waals surface area (Å²) in [6.45, 7) is 1.47. The summed E-state index contributed by atoms with van der Waals surface area (Å²) in [4.78, 5) is 28.1. The molecule has 4 nitrogen and oxygen atoms in total. The highest BCUT2D eigenvalue weighted by atomic mass is 16.1. The lowest BCUT2D eigenvalue weighted by Gasteiger charge is -2.07. The lowest BCUT2D eigenvalue weighted by molar-refractivity contribution is -0.111. The van der Waals surface area contributed by atoms with Gasteiger partial charge in [-0.1, -0.05) is 36.4 Å². The Morgan fingerprint density at radius 2 is 1.79 bits per heavy atom. The second-order valence-electron chi connectivity index (χ2n) is 5.35. The van der Waals surface area contributed by atoms with Gasteiger partial charge < -0.3 is 5.32 Å². The Hall–Kier alpha value is -3.27. The molecular weight excluding hydrogens is 300 g/mol. The highest BCUT2D eigenvalue weighted by molar-refractivity contribution is 6.08. The van der Waals surface area contributed by atoms with E-state index in [1.807, 2.05) is 30.3 Å².